The SMILES string of the molecule is CS(=O)(=O)c1ccc(Cl)c(NC(=O)COC(=O)CNS(=O)(=O)/C=C/c2ccccc2)c1. The Morgan fingerprint density at radius 3 is 2.39 bits per heavy atom. The van der Waals surface area contributed by atoms with E-state index in [2.05, 4.69) is 5.32 Å². The van der Waals surface area contributed by atoms with Crippen LogP contribution in [0, 0.1) is 0 Å². The Hall–Kier alpha value is -2.73. The van der Waals surface area contributed by atoms with Crippen molar-refractivity contribution in [2.24, 2.45) is 0 Å². The van der Waals surface area contributed by atoms with Crippen molar-refractivity contribution in [1.82, 2.24) is 4.72 Å². The molecule has 0 radical (unpaired) electrons. The van der Waals surface area contributed by atoms with Crippen LogP contribution >= 0.6 is 11.6 Å². The van der Waals surface area contributed by atoms with Crippen LogP contribution in [0.1, 0.15) is 5.56 Å². The van der Waals surface area contributed by atoms with Gasteiger partial charge < -0.3 is 10.1 Å². The van der Waals surface area contributed by atoms with Crippen molar-refractivity contribution in [2.75, 3.05) is 24.7 Å². The van der Waals surface area contributed by atoms with Gasteiger partial charge in [-0.15, -0.1) is 0 Å². The minimum absolute atomic E-state index is 0.0254. The van der Waals surface area contributed by atoms with Crippen LogP contribution < -0.4 is 10.0 Å². The highest BCUT2D eigenvalue weighted by atomic mass is 35.5. The van der Waals surface area contributed by atoms with E-state index in [1.54, 1.807) is 30.3 Å². The van der Waals surface area contributed by atoms with Gasteiger partial charge in [-0.05, 0) is 29.8 Å². The van der Waals surface area contributed by atoms with Gasteiger partial charge in [-0.3, -0.25) is 9.59 Å². The van der Waals surface area contributed by atoms with Crippen molar-refractivity contribution in [1.29, 1.82) is 0 Å². The molecule has 12 heteroatoms. The second-order valence-corrected chi connectivity index (χ2v) is 10.3. The van der Waals surface area contributed by atoms with Crippen molar-refractivity contribution in [3.63, 3.8) is 0 Å². The number of carbonyl (C=O) groups excluding carboxylic acids is 2. The number of ether oxygens (including phenoxy) is 1. The van der Waals surface area contributed by atoms with Gasteiger partial charge >= 0.3 is 5.97 Å². The highest BCUT2D eigenvalue weighted by molar-refractivity contribution is 7.92. The molecule has 2 rings (SSSR count). The van der Waals surface area contributed by atoms with Crippen molar-refractivity contribution in [3.05, 3.63) is 64.5 Å². The molecule has 0 spiro atoms. The number of halogens is 1. The van der Waals surface area contributed by atoms with Crippen LogP contribution in [0.25, 0.3) is 6.08 Å². The number of nitrogens with one attached hydrogen (secondary N) is 2. The average molecular weight is 487 g/mol. The summed E-state index contributed by atoms with van der Waals surface area (Å²) in [4.78, 5) is 23.6. The first-order chi connectivity index (χ1) is 14.5. The van der Waals surface area contributed by atoms with E-state index in [1.165, 1.54) is 24.3 Å². The minimum atomic E-state index is -3.89. The van der Waals surface area contributed by atoms with Crippen molar-refractivity contribution in [3.8, 4) is 0 Å². The largest absolute Gasteiger partial charge is 0.455 e. The quantitative estimate of drug-likeness (QED) is 0.516. The van der Waals surface area contributed by atoms with E-state index in [0.717, 1.165) is 11.7 Å². The lowest BCUT2D eigenvalue weighted by molar-refractivity contribution is -0.146. The number of hydrogen-bond donors (Lipinski definition) is 2. The molecule has 0 unspecified atom stereocenters. The van der Waals surface area contributed by atoms with Gasteiger partial charge in [0.1, 0.15) is 6.54 Å². The molecule has 2 aromatic carbocycles. The predicted molar refractivity (Wildman–Crippen MR) is 117 cm³/mol. The van der Waals surface area contributed by atoms with Gasteiger partial charge in [0.15, 0.2) is 16.4 Å². The fourth-order valence-electron chi connectivity index (χ4n) is 2.15. The Kier molecular flexibility index (Phi) is 8.34. The number of sulfone groups is 1. The smallest absolute Gasteiger partial charge is 0.321 e. The molecular weight excluding hydrogens is 468 g/mol. The molecule has 0 aliphatic heterocycles. The summed E-state index contributed by atoms with van der Waals surface area (Å²) in [6.07, 6.45) is 2.36. The number of anilines is 1. The van der Waals surface area contributed by atoms with Crippen molar-refractivity contribution >= 4 is 55.1 Å². The fraction of sp³-hybridized carbons (Fsp3) is 0.158. The topological polar surface area (TPSA) is 136 Å². The molecule has 0 fully saturated rings. The molecule has 9 nitrogen and oxygen atoms in total. The number of carbonyl (C=O) groups is 2. The van der Waals surface area contributed by atoms with Gasteiger partial charge in [0.05, 0.1) is 15.6 Å². The zero-order valence-corrected chi connectivity index (χ0v) is 18.6. The van der Waals surface area contributed by atoms with E-state index in [-0.39, 0.29) is 15.6 Å². The molecule has 166 valence electrons. The zero-order valence-electron chi connectivity index (χ0n) is 16.2. The van der Waals surface area contributed by atoms with Crippen LogP contribution in [0.2, 0.25) is 5.02 Å². The molecule has 0 aliphatic rings. The Balaban J connectivity index is 1.85. The number of sulfonamides is 1. The lowest BCUT2D eigenvalue weighted by Gasteiger charge is -2.09. The van der Waals surface area contributed by atoms with E-state index < -0.39 is 44.9 Å². The molecular formula is C19H19ClN2O7S2. The number of benzene rings is 2. The fourth-order valence-corrected chi connectivity index (χ4v) is 3.72. The second kappa shape index (κ2) is 10.5. The summed E-state index contributed by atoms with van der Waals surface area (Å²) in [6.45, 7) is -1.40. The van der Waals surface area contributed by atoms with Gasteiger partial charge in [0, 0.05) is 11.7 Å². The standard InChI is InChI=1S/C19H19ClN2O7S2/c1-30(25,26)15-7-8-16(20)17(11-15)22-18(23)13-29-19(24)12-21-31(27,28)10-9-14-5-3-2-4-6-14/h2-11,21H,12-13H2,1H3,(H,22,23)/b10-9+. The van der Waals surface area contributed by atoms with E-state index >= 15 is 0 Å². The Labute approximate surface area is 185 Å². The van der Waals surface area contributed by atoms with E-state index in [0.29, 0.717) is 5.56 Å². The van der Waals surface area contributed by atoms with Gasteiger partial charge in [-0.2, -0.15) is 0 Å². The number of hydrogen-bond acceptors (Lipinski definition) is 7. The van der Waals surface area contributed by atoms with Crippen LogP contribution in [0.5, 0.6) is 0 Å². The normalized spacial score (nSPS) is 11.9. The summed E-state index contributed by atoms with van der Waals surface area (Å²) >= 11 is 5.93. The number of rotatable bonds is 9. The highest BCUT2D eigenvalue weighted by Crippen LogP contribution is 2.25. The molecule has 1 amide bonds. The Morgan fingerprint density at radius 2 is 1.74 bits per heavy atom. The van der Waals surface area contributed by atoms with Crippen LogP contribution in [0.4, 0.5) is 5.69 Å². The van der Waals surface area contributed by atoms with Gasteiger partial charge in [-0.25, -0.2) is 21.6 Å². The third-order valence-corrected chi connectivity index (χ3v) is 6.14. The molecule has 2 aromatic rings. The first kappa shape index (κ1) is 24.5. The number of amides is 1. The first-order valence-corrected chi connectivity index (χ1v) is 12.5. The maximum atomic E-state index is 11.9. The maximum absolute atomic E-state index is 11.9. The molecule has 2 N–H and O–H groups in total. The molecule has 0 bridgehead atoms. The van der Waals surface area contributed by atoms with Gasteiger partial charge in [0.25, 0.3) is 5.91 Å². The highest BCUT2D eigenvalue weighted by Gasteiger charge is 2.15. The van der Waals surface area contributed by atoms with E-state index in [4.69, 9.17) is 16.3 Å². The van der Waals surface area contributed by atoms with E-state index in [9.17, 15) is 26.4 Å². The van der Waals surface area contributed by atoms with Crippen molar-refractivity contribution < 1.29 is 31.2 Å². The summed E-state index contributed by atoms with van der Waals surface area (Å²) in [5.41, 5.74) is 0.683. The maximum Gasteiger partial charge on any atom is 0.321 e. The van der Waals surface area contributed by atoms with Gasteiger partial charge in [0.2, 0.25) is 10.0 Å². The molecule has 0 saturated heterocycles. The van der Waals surface area contributed by atoms with Crippen LogP contribution in [0.3, 0.4) is 0 Å². The summed E-state index contributed by atoms with van der Waals surface area (Å²) < 4.78 is 53.7. The first-order valence-electron chi connectivity index (χ1n) is 8.64. The third kappa shape index (κ3) is 8.50. The van der Waals surface area contributed by atoms with Crippen LogP contribution in [0.15, 0.2) is 58.8 Å². The average Bonchev–Trinajstić information content (AvgIpc) is 2.71. The second-order valence-electron chi connectivity index (χ2n) is 6.20. The summed E-state index contributed by atoms with van der Waals surface area (Å²) in [7, 11) is -7.41. The molecule has 31 heavy (non-hydrogen) atoms. The monoisotopic (exact) mass is 486 g/mol. The molecule has 0 aliphatic carbocycles. The molecule has 0 atom stereocenters. The van der Waals surface area contributed by atoms with E-state index in [1.807, 2.05) is 4.72 Å². The van der Waals surface area contributed by atoms with Crippen LogP contribution in [-0.2, 0) is 34.2 Å². The molecule has 0 saturated carbocycles. The number of esters is 1. The third-order valence-electron chi connectivity index (χ3n) is 3.66. The lowest BCUT2D eigenvalue weighted by Crippen LogP contribution is -2.31. The van der Waals surface area contributed by atoms with Crippen LogP contribution in [-0.4, -0.2) is 48.1 Å². The lowest BCUT2D eigenvalue weighted by atomic mass is 10.2. The Bertz CT molecular complexity index is 1200. The summed E-state index contributed by atoms with van der Waals surface area (Å²) in [6, 6.07) is 12.4. The zero-order chi connectivity index (χ0) is 23.1. The van der Waals surface area contributed by atoms with Crippen molar-refractivity contribution in [2.45, 2.75) is 4.90 Å². The van der Waals surface area contributed by atoms with Gasteiger partial charge in [-0.1, -0.05) is 41.9 Å². The predicted octanol–water partition coefficient (Wildman–Crippen LogP) is 1.82. The molecule has 0 heterocycles. The summed E-state index contributed by atoms with van der Waals surface area (Å²) in [5.74, 6) is -1.77. The molecule has 0 aromatic heterocycles. The minimum Gasteiger partial charge on any atom is -0.455 e. The Morgan fingerprint density at radius 1 is 1.06 bits per heavy atom. The summed E-state index contributed by atoms with van der Waals surface area (Å²) in [5, 5.41) is 3.32.